The average Bonchev–Trinajstić information content (AvgIpc) is 3.49. The lowest BCUT2D eigenvalue weighted by atomic mass is 9.87. The Labute approximate surface area is 188 Å². The maximum absolute atomic E-state index is 13.2. The van der Waals surface area contributed by atoms with Crippen molar-refractivity contribution >= 4 is 5.78 Å². The van der Waals surface area contributed by atoms with Crippen LogP contribution in [0.4, 0.5) is 13.2 Å². The normalized spacial score (nSPS) is 14.8. The fraction of sp³-hybridized carbons (Fsp3) is 0.192. The quantitative estimate of drug-likeness (QED) is 0.394. The molecule has 0 saturated heterocycles. The molecule has 5 rings (SSSR count). The minimum absolute atomic E-state index is 0.0263. The summed E-state index contributed by atoms with van der Waals surface area (Å²) in [5.74, 6) is 0.0263. The zero-order valence-corrected chi connectivity index (χ0v) is 17.6. The number of Topliss-reactive ketones (excluding diaryl/α,β-unsaturated/α-hetero) is 1. The number of halogens is 3. The molecule has 2 heterocycles. The molecule has 0 bridgehead atoms. The van der Waals surface area contributed by atoms with Crippen molar-refractivity contribution in [3.63, 3.8) is 0 Å². The number of carbonyl (C=O) groups is 1. The Bertz CT molecular complexity index is 1290. The van der Waals surface area contributed by atoms with Crippen molar-refractivity contribution in [2.75, 3.05) is 0 Å². The van der Waals surface area contributed by atoms with Crippen LogP contribution in [-0.2, 0) is 22.8 Å². The van der Waals surface area contributed by atoms with Gasteiger partial charge >= 0.3 is 6.18 Å². The van der Waals surface area contributed by atoms with Gasteiger partial charge in [-0.2, -0.15) is 18.3 Å². The first-order valence-corrected chi connectivity index (χ1v) is 10.6. The van der Waals surface area contributed by atoms with Gasteiger partial charge in [-0.3, -0.25) is 14.9 Å². The summed E-state index contributed by atoms with van der Waals surface area (Å²) in [7, 11) is 0. The third-order valence-corrected chi connectivity index (χ3v) is 6.26. The van der Waals surface area contributed by atoms with Gasteiger partial charge in [0.1, 0.15) is 5.78 Å². The van der Waals surface area contributed by atoms with E-state index in [1.807, 2.05) is 36.4 Å². The Morgan fingerprint density at radius 3 is 2.36 bits per heavy atom. The highest BCUT2D eigenvalue weighted by Crippen LogP contribution is 2.50. The van der Waals surface area contributed by atoms with Gasteiger partial charge < -0.3 is 0 Å². The molecule has 4 nitrogen and oxygen atoms in total. The third kappa shape index (κ3) is 4.06. The molecule has 2 aromatic carbocycles. The van der Waals surface area contributed by atoms with Crippen LogP contribution in [-0.4, -0.2) is 21.0 Å². The van der Waals surface area contributed by atoms with E-state index in [0.29, 0.717) is 18.4 Å². The van der Waals surface area contributed by atoms with Crippen LogP contribution in [0, 0.1) is 0 Å². The molecule has 1 aliphatic rings. The van der Waals surface area contributed by atoms with Crippen molar-refractivity contribution in [2.45, 2.75) is 30.9 Å². The summed E-state index contributed by atoms with van der Waals surface area (Å²) in [5.41, 5.74) is 3.79. The van der Waals surface area contributed by atoms with Crippen molar-refractivity contribution in [1.82, 2.24) is 15.2 Å². The van der Waals surface area contributed by atoms with E-state index in [1.54, 1.807) is 18.6 Å². The highest BCUT2D eigenvalue weighted by atomic mass is 19.4. The lowest BCUT2D eigenvalue weighted by Gasteiger charge is -2.16. The predicted molar refractivity (Wildman–Crippen MR) is 118 cm³/mol. The number of ketones is 1. The Hall–Kier alpha value is -3.74. The molecule has 33 heavy (non-hydrogen) atoms. The fourth-order valence-electron chi connectivity index (χ4n) is 4.28. The standard InChI is InChI=1S/C26H20F3N3O/c27-26(28,29)21-6-4-20(5-7-21)25(10-11-25)23(33)15-17-2-1-3-19(14-17)24-22(16-31-32-24)18-8-12-30-13-9-18/h1-9,12-14,16H,10-11,15H2,(H,31,32). The summed E-state index contributed by atoms with van der Waals surface area (Å²) < 4.78 is 38.7. The second-order valence-corrected chi connectivity index (χ2v) is 8.35. The van der Waals surface area contributed by atoms with Crippen LogP contribution >= 0.6 is 0 Å². The molecular formula is C26H20F3N3O. The minimum atomic E-state index is -4.39. The molecule has 1 fully saturated rings. The fourth-order valence-corrected chi connectivity index (χ4v) is 4.28. The van der Waals surface area contributed by atoms with E-state index in [4.69, 9.17) is 0 Å². The number of hydrogen-bond acceptors (Lipinski definition) is 3. The lowest BCUT2D eigenvalue weighted by Crippen LogP contribution is -2.22. The number of nitrogens with one attached hydrogen (secondary N) is 1. The smallest absolute Gasteiger partial charge is 0.298 e. The van der Waals surface area contributed by atoms with Gasteiger partial charge in [-0.05, 0) is 59.9 Å². The van der Waals surface area contributed by atoms with Crippen molar-refractivity contribution in [3.8, 4) is 22.4 Å². The minimum Gasteiger partial charge on any atom is -0.298 e. The van der Waals surface area contributed by atoms with Crippen LogP contribution in [0.15, 0.2) is 79.3 Å². The summed E-state index contributed by atoms with van der Waals surface area (Å²) in [6.07, 6.45) is 2.34. The SMILES string of the molecule is O=C(Cc1cccc(-c2[nH]ncc2-c2ccncc2)c1)C1(c2ccc(C(F)(F)F)cc2)CC1. The van der Waals surface area contributed by atoms with Gasteiger partial charge in [0.15, 0.2) is 0 Å². The van der Waals surface area contributed by atoms with Gasteiger partial charge in [-0.25, -0.2) is 0 Å². The molecule has 0 atom stereocenters. The number of H-pyrrole nitrogens is 1. The molecule has 0 amide bonds. The van der Waals surface area contributed by atoms with Crippen LogP contribution in [0.3, 0.4) is 0 Å². The molecule has 1 aliphatic carbocycles. The van der Waals surface area contributed by atoms with Gasteiger partial charge in [0.25, 0.3) is 0 Å². The van der Waals surface area contributed by atoms with E-state index in [0.717, 1.165) is 40.1 Å². The largest absolute Gasteiger partial charge is 0.416 e. The zero-order chi connectivity index (χ0) is 23.1. The van der Waals surface area contributed by atoms with E-state index in [-0.39, 0.29) is 12.2 Å². The zero-order valence-electron chi connectivity index (χ0n) is 17.6. The molecule has 4 aromatic rings. The predicted octanol–water partition coefficient (Wildman–Crippen LogP) is 6.00. The number of hydrogen-bond donors (Lipinski definition) is 1. The molecule has 0 aliphatic heterocycles. The van der Waals surface area contributed by atoms with Crippen LogP contribution < -0.4 is 0 Å². The molecule has 0 unspecified atom stereocenters. The van der Waals surface area contributed by atoms with Crippen LogP contribution in [0.2, 0.25) is 0 Å². The van der Waals surface area contributed by atoms with Crippen LogP contribution in [0.25, 0.3) is 22.4 Å². The monoisotopic (exact) mass is 447 g/mol. The van der Waals surface area contributed by atoms with E-state index >= 15 is 0 Å². The maximum Gasteiger partial charge on any atom is 0.416 e. The van der Waals surface area contributed by atoms with Crippen molar-refractivity contribution < 1.29 is 18.0 Å². The van der Waals surface area contributed by atoms with Crippen LogP contribution in [0.5, 0.6) is 0 Å². The highest BCUT2D eigenvalue weighted by molar-refractivity contribution is 5.95. The van der Waals surface area contributed by atoms with E-state index in [2.05, 4.69) is 15.2 Å². The van der Waals surface area contributed by atoms with Gasteiger partial charge in [-0.15, -0.1) is 0 Å². The molecule has 1 saturated carbocycles. The van der Waals surface area contributed by atoms with Crippen molar-refractivity contribution in [2.24, 2.45) is 0 Å². The first kappa shape index (κ1) is 21.1. The molecule has 166 valence electrons. The summed E-state index contributed by atoms with van der Waals surface area (Å²) in [6, 6.07) is 16.5. The Balaban J connectivity index is 1.38. The van der Waals surface area contributed by atoms with Gasteiger partial charge in [-0.1, -0.05) is 30.3 Å². The number of nitrogens with zero attached hydrogens (tertiary/aromatic N) is 2. The molecule has 0 spiro atoms. The second-order valence-electron chi connectivity index (χ2n) is 8.35. The summed E-state index contributed by atoms with van der Waals surface area (Å²) >= 11 is 0. The van der Waals surface area contributed by atoms with Crippen molar-refractivity contribution in [1.29, 1.82) is 0 Å². The van der Waals surface area contributed by atoms with Crippen molar-refractivity contribution in [3.05, 3.63) is 95.9 Å². The van der Waals surface area contributed by atoms with Gasteiger partial charge in [0.05, 0.1) is 22.9 Å². The van der Waals surface area contributed by atoms with E-state index < -0.39 is 17.2 Å². The highest BCUT2D eigenvalue weighted by Gasteiger charge is 2.50. The van der Waals surface area contributed by atoms with Gasteiger partial charge in [0.2, 0.25) is 0 Å². The number of pyridine rings is 1. The number of aromatic nitrogens is 3. The number of benzene rings is 2. The first-order chi connectivity index (χ1) is 15.9. The Kier molecular flexibility index (Phi) is 5.12. The second kappa shape index (κ2) is 7.99. The Morgan fingerprint density at radius 1 is 0.970 bits per heavy atom. The van der Waals surface area contributed by atoms with E-state index in [9.17, 15) is 18.0 Å². The lowest BCUT2D eigenvalue weighted by molar-refractivity contribution is -0.137. The Morgan fingerprint density at radius 2 is 1.70 bits per heavy atom. The molecule has 2 aromatic heterocycles. The maximum atomic E-state index is 13.2. The first-order valence-electron chi connectivity index (χ1n) is 10.6. The van der Waals surface area contributed by atoms with Gasteiger partial charge in [0, 0.05) is 29.9 Å². The third-order valence-electron chi connectivity index (χ3n) is 6.26. The topological polar surface area (TPSA) is 58.6 Å². The summed E-state index contributed by atoms with van der Waals surface area (Å²) in [6.45, 7) is 0. The average molecular weight is 447 g/mol. The van der Waals surface area contributed by atoms with Crippen LogP contribution in [0.1, 0.15) is 29.5 Å². The number of rotatable bonds is 6. The number of alkyl halides is 3. The number of carbonyl (C=O) groups excluding carboxylic acids is 1. The summed E-state index contributed by atoms with van der Waals surface area (Å²) in [5, 5.41) is 7.23. The number of aromatic amines is 1. The summed E-state index contributed by atoms with van der Waals surface area (Å²) in [4.78, 5) is 17.3. The van der Waals surface area contributed by atoms with E-state index in [1.165, 1.54) is 12.1 Å². The molecule has 0 radical (unpaired) electrons. The molecule has 7 heteroatoms. The molecule has 1 N–H and O–H groups in total. The molecular weight excluding hydrogens is 427 g/mol.